The summed E-state index contributed by atoms with van der Waals surface area (Å²) < 4.78 is 12.6. The molecule has 1 rings (SSSR count). The fourth-order valence-corrected chi connectivity index (χ4v) is 1.09. The zero-order valence-electron chi connectivity index (χ0n) is 7.26. The molecule has 0 amide bonds. The summed E-state index contributed by atoms with van der Waals surface area (Å²) in [6.07, 6.45) is 0. The van der Waals surface area contributed by atoms with Crippen LogP contribution in [0.1, 0.15) is 12.5 Å². The van der Waals surface area contributed by atoms with Crippen molar-refractivity contribution in [2.75, 3.05) is 13.2 Å². The number of halogens is 1. The molecule has 0 spiro atoms. The fraction of sp³-hybridized carbons (Fsp3) is 0.400. The number of hydrogen-bond donors (Lipinski definition) is 1. The Morgan fingerprint density at radius 1 is 1.33 bits per heavy atom. The number of alkyl halides is 1. The molecule has 0 aromatic heterocycles. The molecule has 0 aliphatic rings. The van der Waals surface area contributed by atoms with Crippen LogP contribution in [0.2, 0.25) is 0 Å². The van der Waals surface area contributed by atoms with Gasteiger partial charge in [0.2, 0.25) is 0 Å². The van der Waals surface area contributed by atoms with E-state index in [2.05, 4.69) is 0 Å². The van der Waals surface area contributed by atoms with Crippen molar-refractivity contribution < 1.29 is 4.39 Å². The minimum Gasteiger partial charge on any atom is -0.329 e. The van der Waals surface area contributed by atoms with E-state index in [9.17, 15) is 4.39 Å². The van der Waals surface area contributed by atoms with Crippen LogP contribution in [-0.4, -0.2) is 13.2 Å². The lowest BCUT2D eigenvalue weighted by Gasteiger charge is -2.24. The molecular formula is C10H14FN. The van der Waals surface area contributed by atoms with Crippen molar-refractivity contribution >= 4 is 0 Å². The van der Waals surface area contributed by atoms with E-state index in [-0.39, 0.29) is 0 Å². The van der Waals surface area contributed by atoms with Crippen molar-refractivity contribution in [1.29, 1.82) is 0 Å². The van der Waals surface area contributed by atoms with E-state index in [0.717, 1.165) is 5.56 Å². The van der Waals surface area contributed by atoms with E-state index in [1.165, 1.54) is 0 Å². The monoisotopic (exact) mass is 167 g/mol. The van der Waals surface area contributed by atoms with Crippen LogP contribution in [-0.2, 0) is 5.41 Å². The Morgan fingerprint density at radius 3 is 2.33 bits per heavy atom. The Bertz CT molecular complexity index is 229. The average molecular weight is 167 g/mol. The molecule has 0 saturated carbocycles. The largest absolute Gasteiger partial charge is 0.329 e. The van der Waals surface area contributed by atoms with Crippen LogP contribution >= 0.6 is 0 Å². The Labute approximate surface area is 72.4 Å². The summed E-state index contributed by atoms with van der Waals surface area (Å²) in [6.45, 7) is 1.77. The van der Waals surface area contributed by atoms with Crippen molar-refractivity contribution in [1.82, 2.24) is 0 Å². The van der Waals surface area contributed by atoms with E-state index < -0.39 is 12.1 Å². The standard InChI is InChI=1S/C10H14FN/c1-10(7-11,8-12)9-5-3-2-4-6-9/h2-6H,7-8,12H2,1H3. The van der Waals surface area contributed by atoms with Crippen molar-refractivity contribution in [2.45, 2.75) is 12.3 Å². The molecule has 2 N–H and O–H groups in total. The van der Waals surface area contributed by atoms with Crippen molar-refractivity contribution in [2.24, 2.45) is 5.73 Å². The van der Waals surface area contributed by atoms with Gasteiger partial charge in [-0.1, -0.05) is 37.3 Å². The van der Waals surface area contributed by atoms with Gasteiger partial charge in [0, 0.05) is 12.0 Å². The molecule has 0 aliphatic carbocycles. The molecule has 0 fully saturated rings. The highest BCUT2D eigenvalue weighted by Gasteiger charge is 2.24. The van der Waals surface area contributed by atoms with Crippen LogP contribution in [0.3, 0.4) is 0 Å². The van der Waals surface area contributed by atoms with Gasteiger partial charge in [0.05, 0.1) is 6.67 Å². The molecule has 66 valence electrons. The molecule has 0 bridgehead atoms. The second-order valence-corrected chi connectivity index (χ2v) is 3.26. The lowest BCUT2D eigenvalue weighted by Crippen LogP contribution is -2.33. The molecule has 1 unspecified atom stereocenters. The van der Waals surface area contributed by atoms with Crippen molar-refractivity contribution in [3.8, 4) is 0 Å². The molecule has 0 aliphatic heterocycles. The van der Waals surface area contributed by atoms with Gasteiger partial charge in [0.15, 0.2) is 0 Å². The van der Waals surface area contributed by atoms with E-state index >= 15 is 0 Å². The zero-order chi connectivity index (χ0) is 9.03. The number of hydrogen-bond acceptors (Lipinski definition) is 1. The van der Waals surface area contributed by atoms with Crippen LogP contribution in [0, 0.1) is 0 Å². The first kappa shape index (κ1) is 9.20. The predicted molar refractivity (Wildman–Crippen MR) is 48.8 cm³/mol. The van der Waals surface area contributed by atoms with Gasteiger partial charge >= 0.3 is 0 Å². The van der Waals surface area contributed by atoms with E-state index in [0.29, 0.717) is 6.54 Å². The zero-order valence-corrected chi connectivity index (χ0v) is 7.26. The average Bonchev–Trinajstić information content (AvgIpc) is 2.18. The van der Waals surface area contributed by atoms with Gasteiger partial charge in [0.1, 0.15) is 0 Å². The highest BCUT2D eigenvalue weighted by atomic mass is 19.1. The molecule has 1 aromatic carbocycles. The normalized spacial score (nSPS) is 15.6. The predicted octanol–water partition coefficient (Wildman–Crippen LogP) is 1.87. The quantitative estimate of drug-likeness (QED) is 0.730. The fourth-order valence-electron chi connectivity index (χ4n) is 1.09. The summed E-state index contributed by atoms with van der Waals surface area (Å²) in [5.41, 5.74) is 5.96. The number of nitrogens with two attached hydrogens (primary N) is 1. The highest BCUT2D eigenvalue weighted by molar-refractivity contribution is 5.24. The maximum Gasteiger partial charge on any atom is 0.1000 e. The molecule has 2 heteroatoms. The van der Waals surface area contributed by atoms with Crippen molar-refractivity contribution in [3.63, 3.8) is 0 Å². The number of rotatable bonds is 3. The van der Waals surface area contributed by atoms with Crippen LogP contribution in [0.5, 0.6) is 0 Å². The molecule has 1 atom stereocenters. The number of benzene rings is 1. The van der Waals surface area contributed by atoms with Gasteiger partial charge in [-0.15, -0.1) is 0 Å². The summed E-state index contributed by atoms with van der Waals surface area (Å²) in [6, 6.07) is 9.54. The molecular weight excluding hydrogens is 153 g/mol. The lowest BCUT2D eigenvalue weighted by atomic mass is 9.84. The summed E-state index contributed by atoms with van der Waals surface area (Å²) in [4.78, 5) is 0. The Hall–Kier alpha value is -0.890. The van der Waals surface area contributed by atoms with Crippen LogP contribution < -0.4 is 5.73 Å². The molecule has 0 radical (unpaired) electrons. The van der Waals surface area contributed by atoms with E-state index in [1.807, 2.05) is 37.3 Å². The highest BCUT2D eigenvalue weighted by Crippen LogP contribution is 2.22. The second-order valence-electron chi connectivity index (χ2n) is 3.26. The maximum atomic E-state index is 12.6. The van der Waals surface area contributed by atoms with Gasteiger partial charge < -0.3 is 5.73 Å². The SMILES string of the molecule is CC(CN)(CF)c1ccccc1. The van der Waals surface area contributed by atoms with Crippen LogP contribution in [0.25, 0.3) is 0 Å². The van der Waals surface area contributed by atoms with Gasteiger partial charge in [-0.3, -0.25) is 4.39 Å². The smallest absolute Gasteiger partial charge is 0.1000 e. The van der Waals surface area contributed by atoms with Crippen LogP contribution in [0.4, 0.5) is 4.39 Å². The lowest BCUT2D eigenvalue weighted by molar-refractivity contribution is 0.334. The van der Waals surface area contributed by atoms with Gasteiger partial charge in [-0.05, 0) is 5.56 Å². The molecule has 0 saturated heterocycles. The summed E-state index contributed by atoms with van der Waals surface area (Å²) in [5, 5.41) is 0. The Balaban J connectivity index is 2.95. The minimum absolute atomic E-state index is 0.341. The summed E-state index contributed by atoms with van der Waals surface area (Å²) in [7, 11) is 0. The van der Waals surface area contributed by atoms with E-state index in [1.54, 1.807) is 0 Å². The first-order valence-electron chi connectivity index (χ1n) is 4.04. The van der Waals surface area contributed by atoms with Crippen LogP contribution in [0.15, 0.2) is 30.3 Å². The summed E-state index contributed by atoms with van der Waals surface area (Å²) >= 11 is 0. The van der Waals surface area contributed by atoms with Gasteiger partial charge in [-0.2, -0.15) is 0 Å². The summed E-state index contributed by atoms with van der Waals surface area (Å²) in [5.74, 6) is 0. The second kappa shape index (κ2) is 3.68. The molecule has 1 nitrogen and oxygen atoms in total. The maximum absolute atomic E-state index is 12.6. The topological polar surface area (TPSA) is 26.0 Å². The molecule has 0 heterocycles. The van der Waals surface area contributed by atoms with Gasteiger partial charge in [0.25, 0.3) is 0 Å². The Morgan fingerprint density at radius 2 is 1.92 bits per heavy atom. The minimum atomic E-state index is -0.513. The first-order chi connectivity index (χ1) is 5.73. The van der Waals surface area contributed by atoms with Gasteiger partial charge in [-0.25, -0.2) is 0 Å². The molecule has 1 aromatic rings. The first-order valence-corrected chi connectivity index (χ1v) is 4.04. The third-order valence-electron chi connectivity index (χ3n) is 2.22. The third kappa shape index (κ3) is 1.64. The third-order valence-corrected chi connectivity index (χ3v) is 2.22. The van der Waals surface area contributed by atoms with Crippen molar-refractivity contribution in [3.05, 3.63) is 35.9 Å². The Kier molecular flexibility index (Phi) is 2.82. The van der Waals surface area contributed by atoms with E-state index in [4.69, 9.17) is 5.73 Å². The molecule has 12 heavy (non-hydrogen) atoms.